The first kappa shape index (κ1) is 17.2. The molecule has 0 aliphatic rings. The maximum absolute atomic E-state index is 12.6. The normalized spacial score (nSPS) is 11.0. The molecule has 0 unspecified atom stereocenters. The van der Waals surface area contributed by atoms with Gasteiger partial charge in [-0.15, -0.1) is 0 Å². The Bertz CT molecular complexity index is 1080. The summed E-state index contributed by atoms with van der Waals surface area (Å²) in [6.07, 6.45) is 0. The second-order valence-electron chi connectivity index (χ2n) is 5.84. The molecule has 0 aliphatic heterocycles. The number of amides is 1. The minimum atomic E-state index is -0.288. The van der Waals surface area contributed by atoms with E-state index in [1.807, 2.05) is 36.4 Å². The third-order valence-corrected chi connectivity index (χ3v) is 7.37. The van der Waals surface area contributed by atoms with Crippen molar-refractivity contribution in [3.63, 3.8) is 0 Å². The fourth-order valence-electron chi connectivity index (χ4n) is 2.55. The Kier molecular flexibility index (Phi) is 4.99. The van der Waals surface area contributed by atoms with Crippen molar-refractivity contribution in [1.29, 1.82) is 0 Å². The molecule has 1 aromatic heterocycles. The fraction of sp³-hybridized carbons (Fsp3) is 0.0476. The number of carbonyl (C=O) groups is 1. The zero-order chi connectivity index (χ0) is 17.9. The Morgan fingerprint density at radius 2 is 1.77 bits per heavy atom. The Balaban J connectivity index is 1.53. The van der Waals surface area contributed by atoms with Gasteiger partial charge >= 0.3 is 167 Å². The fourth-order valence-corrected chi connectivity index (χ4v) is 5.88. The molecule has 0 radical (unpaired) electrons. The zero-order valence-electron chi connectivity index (χ0n) is 14.1. The molecule has 4 rings (SSSR count). The van der Waals surface area contributed by atoms with E-state index in [9.17, 15) is 4.79 Å². The van der Waals surface area contributed by atoms with Gasteiger partial charge in [0, 0.05) is 0 Å². The SMILES string of the molecule is Cc1ccc2nc(NC(=O)c3cccc([I-]c4ccccc4)c3)sc2c1. The van der Waals surface area contributed by atoms with Crippen LogP contribution in [-0.4, -0.2) is 10.9 Å². The van der Waals surface area contributed by atoms with Gasteiger partial charge in [0.05, 0.1) is 0 Å². The number of anilines is 1. The minimum absolute atomic E-state index is 0.111. The summed E-state index contributed by atoms with van der Waals surface area (Å²) >= 11 is 1.22. The molecule has 1 N–H and O–H groups in total. The van der Waals surface area contributed by atoms with Crippen LogP contribution in [0.2, 0.25) is 0 Å². The molecular formula is C21H16IN2OS-. The molecule has 130 valence electrons. The van der Waals surface area contributed by atoms with Crippen LogP contribution in [0.4, 0.5) is 5.13 Å². The van der Waals surface area contributed by atoms with Crippen LogP contribution in [0.3, 0.4) is 0 Å². The van der Waals surface area contributed by atoms with Crippen molar-refractivity contribution in [2.24, 2.45) is 0 Å². The number of hydrogen-bond acceptors (Lipinski definition) is 3. The maximum atomic E-state index is 12.6. The van der Waals surface area contributed by atoms with E-state index in [0.717, 1.165) is 10.2 Å². The molecule has 26 heavy (non-hydrogen) atoms. The van der Waals surface area contributed by atoms with Crippen LogP contribution < -0.4 is 26.5 Å². The van der Waals surface area contributed by atoms with Gasteiger partial charge in [-0.3, -0.25) is 0 Å². The molecule has 0 fully saturated rings. The topological polar surface area (TPSA) is 42.0 Å². The summed E-state index contributed by atoms with van der Waals surface area (Å²) < 4.78 is 3.65. The first-order chi connectivity index (χ1) is 12.7. The van der Waals surface area contributed by atoms with E-state index in [1.165, 1.54) is 24.0 Å². The summed E-state index contributed by atoms with van der Waals surface area (Å²) in [6, 6.07) is 24.4. The van der Waals surface area contributed by atoms with Crippen molar-refractivity contribution >= 4 is 32.6 Å². The van der Waals surface area contributed by atoms with Crippen molar-refractivity contribution in [2.45, 2.75) is 6.92 Å². The number of nitrogens with one attached hydrogen (secondary N) is 1. The Morgan fingerprint density at radius 1 is 0.962 bits per heavy atom. The van der Waals surface area contributed by atoms with Crippen molar-refractivity contribution < 1.29 is 26.0 Å². The molecule has 3 aromatic carbocycles. The van der Waals surface area contributed by atoms with Crippen LogP contribution in [0.25, 0.3) is 10.2 Å². The van der Waals surface area contributed by atoms with Gasteiger partial charge in [-0.1, -0.05) is 0 Å². The molecule has 0 bridgehead atoms. The van der Waals surface area contributed by atoms with Gasteiger partial charge in [-0.25, -0.2) is 0 Å². The summed E-state index contributed by atoms with van der Waals surface area (Å²) in [7, 11) is 0. The second kappa shape index (κ2) is 7.55. The Labute approximate surface area is 166 Å². The number of fused-ring (bicyclic) bond motifs is 1. The van der Waals surface area contributed by atoms with Crippen molar-refractivity contribution in [2.75, 3.05) is 5.32 Å². The molecule has 1 amide bonds. The summed E-state index contributed by atoms with van der Waals surface area (Å²) in [6.45, 7) is 2.05. The van der Waals surface area contributed by atoms with E-state index in [-0.39, 0.29) is 27.1 Å². The van der Waals surface area contributed by atoms with Crippen LogP contribution in [0.5, 0.6) is 0 Å². The average Bonchev–Trinajstić information content (AvgIpc) is 3.04. The van der Waals surface area contributed by atoms with Crippen LogP contribution in [0, 0.1) is 14.1 Å². The van der Waals surface area contributed by atoms with E-state index in [2.05, 4.69) is 53.6 Å². The van der Waals surface area contributed by atoms with Gasteiger partial charge in [0.2, 0.25) is 0 Å². The second-order valence-corrected chi connectivity index (χ2v) is 9.91. The number of carbonyl (C=O) groups excluding carboxylic acids is 1. The standard InChI is InChI=1S/C21H16IN2OS/c1-14-10-11-18-19(12-14)26-21(23-18)24-20(25)15-6-5-9-17(13-15)22-16-7-3-2-4-8-16/h2-13H,1H3,(H,23,24,25)/q-1. The third kappa shape index (κ3) is 3.94. The zero-order valence-corrected chi connectivity index (χ0v) is 17.0. The van der Waals surface area contributed by atoms with Gasteiger partial charge in [0.25, 0.3) is 0 Å². The first-order valence-corrected chi connectivity index (χ1v) is 11.1. The summed E-state index contributed by atoms with van der Waals surface area (Å²) in [5, 5.41) is 3.58. The molecule has 3 nitrogen and oxygen atoms in total. The Hall–Kier alpha value is -2.25. The number of thiazole rings is 1. The number of aryl methyl sites for hydroxylation is 1. The van der Waals surface area contributed by atoms with Crippen LogP contribution in [0.15, 0.2) is 72.8 Å². The number of aromatic nitrogens is 1. The number of rotatable bonds is 4. The van der Waals surface area contributed by atoms with E-state index in [4.69, 9.17) is 0 Å². The van der Waals surface area contributed by atoms with Gasteiger partial charge in [-0.2, -0.15) is 0 Å². The average molecular weight is 471 g/mol. The third-order valence-electron chi connectivity index (χ3n) is 3.80. The van der Waals surface area contributed by atoms with Gasteiger partial charge in [-0.05, 0) is 0 Å². The quantitative estimate of drug-likeness (QED) is 0.463. The number of halogens is 1. The number of hydrogen-bond donors (Lipinski definition) is 1. The number of nitrogens with zero attached hydrogens (tertiary/aromatic N) is 1. The molecule has 0 atom stereocenters. The monoisotopic (exact) mass is 471 g/mol. The summed E-state index contributed by atoms with van der Waals surface area (Å²) in [5.41, 5.74) is 2.78. The van der Waals surface area contributed by atoms with E-state index < -0.39 is 0 Å². The van der Waals surface area contributed by atoms with Crippen molar-refractivity contribution in [1.82, 2.24) is 4.98 Å². The van der Waals surface area contributed by atoms with Crippen LogP contribution >= 0.6 is 11.3 Å². The predicted octanol–water partition coefficient (Wildman–Crippen LogP) is 1.99. The summed E-state index contributed by atoms with van der Waals surface area (Å²) in [5.74, 6) is -0.111. The molecule has 0 spiro atoms. The van der Waals surface area contributed by atoms with Gasteiger partial charge in [0.15, 0.2) is 0 Å². The van der Waals surface area contributed by atoms with E-state index in [1.54, 1.807) is 0 Å². The molecule has 0 saturated carbocycles. The summed E-state index contributed by atoms with van der Waals surface area (Å²) in [4.78, 5) is 17.1. The van der Waals surface area contributed by atoms with Crippen LogP contribution in [-0.2, 0) is 0 Å². The van der Waals surface area contributed by atoms with Crippen LogP contribution in [0.1, 0.15) is 15.9 Å². The molecule has 1 heterocycles. The molecule has 0 aliphatic carbocycles. The van der Waals surface area contributed by atoms with Crippen molar-refractivity contribution in [3.05, 3.63) is 91.1 Å². The Morgan fingerprint density at radius 3 is 2.62 bits per heavy atom. The molecule has 5 heteroatoms. The van der Waals surface area contributed by atoms with Gasteiger partial charge in [0.1, 0.15) is 0 Å². The predicted molar refractivity (Wildman–Crippen MR) is 103 cm³/mol. The molecular weight excluding hydrogens is 455 g/mol. The molecule has 0 saturated heterocycles. The first-order valence-electron chi connectivity index (χ1n) is 8.16. The van der Waals surface area contributed by atoms with Crippen molar-refractivity contribution in [3.8, 4) is 0 Å². The van der Waals surface area contributed by atoms with E-state index in [0.29, 0.717) is 10.7 Å². The van der Waals surface area contributed by atoms with E-state index >= 15 is 0 Å². The number of benzene rings is 3. The van der Waals surface area contributed by atoms with Gasteiger partial charge < -0.3 is 0 Å². The molecule has 4 aromatic rings.